The molecular weight excluding hydrogens is 400 g/mol. The fourth-order valence-corrected chi connectivity index (χ4v) is 3.51. The van der Waals surface area contributed by atoms with Gasteiger partial charge in [-0.3, -0.25) is 4.99 Å². The summed E-state index contributed by atoms with van der Waals surface area (Å²) >= 11 is 5.92. The summed E-state index contributed by atoms with van der Waals surface area (Å²) in [5.41, 5.74) is 4.53. The molecule has 0 aliphatic rings. The number of nitrogens with one attached hydrogen (secondary N) is 3. The van der Waals surface area contributed by atoms with Crippen molar-refractivity contribution in [2.24, 2.45) is 4.99 Å². The smallest absolute Gasteiger partial charge is 0.246 e. The van der Waals surface area contributed by atoms with E-state index in [9.17, 15) is 0 Å². The lowest BCUT2D eigenvalue weighted by molar-refractivity contribution is 0.375. The Bertz CT molecular complexity index is 1160. The van der Waals surface area contributed by atoms with E-state index in [0.717, 1.165) is 18.5 Å². The van der Waals surface area contributed by atoms with Crippen molar-refractivity contribution in [2.75, 3.05) is 13.6 Å². The van der Waals surface area contributed by atoms with Crippen molar-refractivity contribution in [3.8, 4) is 11.4 Å². The first-order chi connectivity index (χ1) is 14.6. The van der Waals surface area contributed by atoms with Gasteiger partial charge >= 0.3 is 0 Å². The normalized spacial score (nSPS) is 11.8. The lowest BCUT2D eigenvalue weighted by atomic mass is 10.1. The van der Waals surface area contributed by atoms with Crippen LogP contribution in [0.2, 0.25) is 5.02 Å². The third kappa shape index (κ3) is 4.46. The first-order valence-corrected chi connectivity index (χ1v) is 10.1. The maximum atomic E-state index is 5.92. The SMILES string of the molecule is CN=C(NCCc1c(C)[nH]c2ccccc12)NCc1nc(-c2ccc(Cl)cc2)no1. The van der Waals surface area contributed by atoms with Gasteiger partial charge in [0.15, 0.2) is 5.96 Å². The minimum atomic E-state index is 0.381. The number of aromatic nitrogens is 3. The minimum Gasteiger partial charge on any atom is -0.358 e. The van der Waals surface area contributed by atoms with Gasteiger partial charge in [0.1, 0.15) is 0 Å². The summed E-state index contributed by atoms with van der Waals surface area (Å²) in [4.78, 5) is 12.1. The van der Waals surface area contributed by atoms with Crippen LogP contribution in [0.3, 0.4) is 0 Å². The van der Waals surface area contributed by atoms with Gasteiger partial charge in [-0.1, -0.05) is 35.0 Å². The van der Waals surface area contributed by atoms with Crippen molar-refractivity contribution in [1.82, 2.24) is 25.8 Å². The van der Waals surface area contributed by atoms with Crippen molar-refractivity contribution in [2.45, 2.75) is 19.9 Å². The van der Waals surface area contributed by atoms with Gasteiger partial charge in [0.25, 0.3) is 0 Å². The van der Waals surface area contributed by atoms with Crippen LogP contribution in [-0.4, -0.2) is 34.7 Å². The van der Waals surface area contributed by atoms with Gasteiger partial charge in [0, 0.05) is 40.8 Å². The molecule has 0 aliphatic heterocycles. The predicted molar refractivity (Wildman–Crippen MR) is 120 cm³/mol. The molecule has 2 aromatic heterocycles. The van der Waals surface area contributed by atoms with Crippen molar-refractivity contribution >= 4 is 28.5 Å². The highest BCUT2D eigenvalue weighted by Crippen LogP contribution is 2.22. The number of aliphatic imine (C=N–C) groups is 1. The summed E-state index contributed by atoms with van der Waals surface area (Å²) in [6.45, 7) is 3.24. The maximum absolute atomic E-state index is 5.92. The number of hydrogen-bond acceptors (Lipinski definition) is 4. The molecule has 4 aromatic rings. The van der Waals surface area contributed by atoms with Gasteiger partial charge in [-0.15, -0.1) is 0 Å². The van der Waals surface area contributed by atoms with Crippen molar-refractivity contribution in [1.29, 1.82) is 0 Å². The maximum Gasteiger partial charge on any atom is 0.246 e. The Balaban J connectivity index is 1.31. The summed E-state index contributed by atoms with van der Waals surface area (Å²) < 4.78 is 5.33. The second kappa shape index (κ2) is 9.00. The zero-order valence-corrected chi connectivity index (χ0v) is 17.6. The Kier molecular flexibility index (Phi) is 5.99. The van der Waals surface area contributed by atoms with Gasteiger partial charge in [0.2, 0.25) is 11.7 Å². The molecule has 0 atom stereocenters. The number of nitrogens with zero attached hydrogens (tertiary/aromatic N) is 3. The van der Waals surface area contributed by atoms with Crippen LogP contribution in [0.5, 0.6) is 0 Å². The highest BCUT2D eigenvalue weighted by Gasteiger charge is 2.10. The van der Waals surface area contributed by atoms with Crippen LogP contribution in [-0.2, 0) is 13.0 Å². The van der Waals surface area contributed by atoms with Gasteiger partial charge in [-0.25, -0.2) is 0 Å². The van der Waals surface area contributed by atoms with Crippen LogP contribution >= 0.6 is 11.6 Å². The molecule has 0 fully saturated rings. The highest BCUT2D eigenvalue weighted by atomic mass is 35.5. The van der Waals surface area contributed by atoms with Gasteiger partial charge in [-0.2, -0.15) is 4.98 Å². The Morgan fingerprint density at radius 3 is 2.73 bits per heavy atom. The van der Waals surface area contributed by atoms with Crippen LogP contribution in [0, 0.1) is 6.92 Å². The largest absolute Gasteiger partial charge is 0.358 e. The summed E-state index contributed by atoms with van der Waals surface area (Å²) in [5, 5.41) is 12.5. The molecule has 30 heavy (non-hydrogen) atoms. The van der Waals surface area contributed by atoms with E-state index < -0.39 is 0 Å². The number of guanidine groups is 1. The molecule has 0 bridgehead atoms. The van der Waals surface area contributed by atoms with Crippen molar-refractivity contribution in [3.63, 3.8) is 0 Å². The molecule has 0 amide bonds. The zero-order chi connectivity index (χ0) is 20.9. The first kappa shape index (κ1) is 20.0. The Morgan fingerprint density at radius 2 is 1.93 bits per heavy atom. The Labute approximate surface area is 179 Å². The molecular formula is C22H23ClN6O. The molecule has 0 saturated heterocycles. The van der Waals surface area contributed by atoms with Crippen LogP contribution < -0.4 is 10.6 Å². The molecule has 0 spiro atoms. The summed E-state index contributed by atoms with van der Waals surface area (Å²) in [5.74, 6) is 1.69. The standard InChI is InChI=1S/C22H23ClN6O/c1-14-17(18-5-3-4-6-19(18)27-14)11-12-25-22(24-2)26-13-20-28-21(29-30-20)15-7-9-16(23)10-8-15/h3-10,27H,11-13H2,1-2H3,(H2,24,25,26). The molecule has 2 aromatic carbocycles. The lowest BCUT2D eigenvalue weighted by Gasteiger charge is -2.10. The van der Waals surface area contributed by atoms with E-state index in [1.807, 2.05) is 18.2 Å². The molecule has 7 nitrogen and oxygen atoms in total. The van der Waals surface area contributed by atoms with E-state index >= 15 is 0 Å². The van der Waals surface area contributed by atoms with Gasteiger partial charge < -0.3 is 20.1 Å². The van der Waals surface area contributed by atoms with E-state index in [-0.39, 0.29) is 0 Å². The Morgan fingerprint density at radius 1 is 1.13 bits per heavy atom. The van der Waals surface area contributed by atoms with E-state index in [4.69, 9.17) is 16.1 Å². The molecule has 2 heterocycles. The number of aromatic amines is 1. The number of halogens is 1. The third-order valence-corrected chi connectivity index (χ3v) is 5.15. The van der Waals surface area contributed by atoms with Crippen molar-refractivity contribution < 1.29 is 4.52 Å². The minimum absolute atomic E-state index is 0.381. The molecule has 0 aliphatic carbocycles. The molecule has 154 valence electrons. The van der Waals surface area contributed by atoms with Crippen molar-refractivity contribution in [3.05, 3.63) is 70.7 Å². The number of rotatable bonds is 6. The fourth-order valence-electron chi connectivity index (χ4n) is 3.39. The topological polar surface area (TPSA) is 91.1 Å². The van der Waals surface area contributed by atoms with Crippen LogP contribution in [0.1, 0.15) is 17.1 Å². The molecule has 0 saturated carbocycles. The molecule has 8 heteroatoms. The monoisotopic (exact) mass is 422 g/mol. The third-order valence-electron chi connectivity index (χ3n) is 4.90. The number of aryl methyl sites for hydroxylation is 1. The molecule has 0 unspecified atom stereocenters. The number of hydrogen-bond donors (Lipinski definition) is 3. The molecule has 0 radical (unpaired) electrons. The predicted octanol–water partition coefficient (Wildman–Crippen LogP) is 4.09. The number of fused-ring (bicyclic) bond motifs is 1. The number of H-pyrrole nitrogens is 1. The highest BCUT2D eigenvalue weighted by molar-refractivity contribution is 6.30. The van der Waals surface area contributed by atoms with E-state index in [2.05, 4.69) is 55.9 Å². The Hall–Kier alpha value is -3.32. The summed E-state index contributed by atoms with van der Waals surface area (Å²) in [6.07, 6.45) is 0.887. The number of para-hydroxylation sites is 1. The summed E-state index contributed by atoms with van der Waals surface area (Å²) in [7, 11) is 1.74. The molecule has 3 N–H and O–H groups in total. The average molecular weight is 423 g/mol. The van der Waals surface area contributed by atoms with Gasteiger partial charge in [0.05, 0.1) is 6.54 Å². The molecule has 4 rings (SSSR count). The number of benzene rings is 2. The van der Waals surface area contributed by atoms with E-state index in [1.165, 1.54) is 22.2 Å². The second-order valence-corrected chi connectivity index (χ2v) is 7.33. The van der Waals surface area contributed by atoms with Crippen LogP contribution in [0.25, 0.3) is 22.3 Å². The quantitative estimate of drug-likeness (QED) is 0.321. The fraction of sp³-hybridized carbons (Fsp3) is 0.227. The first-order valence-electron chi connectivity index (χ1n) is 9.73. The van der Waals surface area contributed by atoms with Gasteiger partial charge in [-0.05, 0) is 49.2 Å². The zero-order valence-electron chi connectivity index (χ0n) is 16.9. The second-order valence-electron chi connectivity index (χ2n) is 6.90. The van der Waals surface area contributed by atoms with E-state index in [1.54, 1.807) is 19.2 Å². The lowest BCUT2D eigenvalue weighted by Crippen LogP contribution is -2.38. The summed E-state index contributed by atoms with van der Waals surface area (Å²) in [6, 6.07) is 15.7. The van der Waals surface area contributed by atoms with E-state index in [0.29, 0.717) is 29.2 Å². The van der Waals surface area contributed by atoms with Crippen LogP contribution in [0.15, 0.2) is 58.0 Å². The van der Waals surface area contributed by atoms with Crippen LogP contribution in [0.4, 0.5) is 0 Å². The average Bonchev–Trinajstić information content (AvgIpc) is 3.35.